The van der Waals surface area contributed by atoms with E-state index >= 15 is 0 Å². The van der Waals surface area contributed by atoms with Crippen molar-refractivity contribution >= 4 is 59.8 Å². The van der Waals surface area contributed by atoms with Gasteiger partial charge in [0.15, 0.2) is 6.20 Å². The monoisotopic (exact) mass is 455 g/mol. The third kappa shape index (κ3) is 2.42. The summed E-state index contributed by atoms with van der Waals surface area (Å²) in [6.45, 7) is 11.7. The summed E-state index contributed by atoms with van der Waals surface area (Å²) in [6, 6.07) is 22.7. The van der Waals surface area contributed by atoms with Gasteiger partial charge in [-0.1, -0.05) is 63.2 Å². The van der Waals surface area contributed by atoms with E-state index in [1.165, 1.54) is 76.5 Å². The fraction of sp³-hybridized carbons (Fsp3) is 0.242. The average molecular weight is 456 g/mol. The Morgan fingerprint density at radius 1 is 0.771 bits per heavy atom. The zero-order chi connectivity index (χ0) is 24.2. The van der Waals surface area contributed by atoms with E-state index in [9.17, 15) is 0 Å². The Labute approximate surface area is 205 Å². The maximum Gasteiger partial charge on any atom is 0.224 e. The van der Waals surface area contributed by atoms with Crippen molar-refractivity contribution < 1.29 is 4.57 Å². The molecule has 2 nitrogen and oxygen atoms in total. The molecule has 0 saturated heterocycles. The van der Waals surface area contributed by atoms with E-state index in [0.717, 1.165) is 6.42 Å². The highest BCUT2D eigenvalue weighted by molar-refractivity contribution is 6.29. The maximum atomic E-state index is 2.60. The molecule has 172 valence electrons. The second-order valence-corrected chi connectivity index (χ2v) is 11.0. The Kier molecular flexibility index (Phi) is 3.98. The van der Waals surface area contributed by atoms with Gasteiger partial charge in [-0.25, -0.2) is 4.57 Å². The Balaban J connectivity index is 1.96. The van der Waals surface area contributed by atoms with Crippen molar-refractivity contribution in [2.45, 2.75) is 46.5 Å². The lowest BCUT2D eigenvalue weighted by molar-refractivity contribution is -0.643. The van der Waals surface area contributed by atoms with Crippen LogP contribution in [0.3, 0.4) is 0 Å². The molecule has 0 aliphatic carbocycles. The molecule has 0 aliphatic heterocycles. The SMILES string of the molecule is CCC(C)(C)c1cc2cc[n+](C)c3c4c(C)c5ccccc5c(C)c4n4c5ccccc5c1c4c23. The third-order valence-electron chi connectivity index (χ3n) is 8.81. The fourth-order valence-electron chi connectivity index (χ4n) is 6.60. The molecule has 0 bridgehead atoms. The van der Waals surface area contributed by atoms with Crippen molar-refractivity contribution in [3.8, 4) is 0 Å². The molecule has 0 N–H and O–H groups in total. The standard InChI is InChI=1S/C33H31N2/c1-7-33(4,5)25-18-21-16-17-34(6)31-27-19(2)22-12-8-9-13-23(22)20(3)30(27)35-26-15-11-10-14-24(26)29(25)32(35)28(21)31/h8-18H,7H2,1-6H3/q+1. The number of benzene rings is 4. The van der Waals surface area contributed by atoms with Gasteiger partial charge in [0.2, 0.25) is 5.52 Å². The van der Waals surface area contributed by atoms with Crippen LogP contribution in [0.4, 0.5) is 0 Å². The van der Waals surface area contributed by atoms with Gasteiger partial charge in [-0.15, -0.1) is 0 Å². The number of pyridine rings is 2. The van der Waals surface area contributed by atoms with E-state index < -0.39 is 0 Å². The zero-order valence-electron chi connectivity index (χ0n) is 21.5. The molecule has 0 aliphatic rings. The molecule has 0 spiro atoms. The lowest BCUT2D eigenvalue weighted by Crippen LogP contribution is -2.29. The van der Waals surface area contributed by atoms with Gasteiger partial charge in [-0.3, -0.25) is 0 Å². The summed E-state index contributed by atoms with van der Waals surface area (Å²) in [5.74, 6) is 0. The van der Waals surface area contributed by atoms with Crippen LogP contribution in [-0.4, -0.2) is 4.40 Å². The summed E-state index contributed by atoms with van der Waals surface area (Å²) in [6.07, 6.45) is 3.35. The first-order valence-electron chi connectivity index (χ1n) is 12.8. The smallest absolute Gasteiger partial charge is 0.224 e. The zero-order valence-corrected chi connectivity index (χ0v) is 21.5. The first kappa shape index (κ1) is 20.7. The quantitative estimate of drug-likeness (QED) is 0.141. The third-order valence-corrected chi connectivity index (χ3v) is 8.81. The molecular formula is C33H31N2+. The predicted molar refractivity (Wildman–Crippen MR) is 150 cm³/mol. The molecule has 35 heavy (non-hydrogen) atoms. The minimum Gasteiger partial charge on any atom is -0.307 e. The van der Waals surface area contributed by atoms with Gasteiger partial charge in [0.25, 0.3) is 0 Å². The Hall–Kier alpha value is -3.65. The number of hydrogen-bond acceptors (Lipinski definition) is 0. The van der Waals surface area contributed by atoms with Gasteiger partial charge >= 0.3 is 0 Å². The van der Waals surface area contributed by atoms with Gasteiger partial charge < -0.3 is 4.40 Å². The van der Waals surface area contributed by atoms with Crippen molar-refractivity contribution in [2.24, 2.45) is 7.05 Å². The number of aromatic nitrogens is 2. The summed E-state index contributed by atoms with van der Waals surface area (Å²) in [7, 11) is 2.20. The van der Waals surface area contributed by atoms with Crippen LogP contribution in [-0.2, 0) is 12.5 Å². The van der Waals surface area contributed by atoms with E-state index in [1.54, 1.807) is 0 Å². The lowest BCUT2D eigenvalue weighted by atomic mass is 9.78. The Morgan fingerprint density at radius 3 is 2.14 bits per heavy atom. The van der Waals surface area contributed by atoms with E-state index in [2.05, 4.69) is 117 Å². The second-order valence-electron chi connectivity index (χ2n) is 11.0. The Bertz CT molecular complexity index is 1980. The van der Waals surface area contributed by atoms with E-state index in [0.29, 0.717) is 0 Å². The second kappa shape index (κ2) is 6.73. The van der Waals surface area contributed by atoms with Crippen molar-refractivity contribution in [3.63, 3.8) is 0 Å². The van der Waals surface area contributed by atoms with Gasteiger partial charge in [-0.2, -0.15) is 0 Å². The van der Waals surface area contributed by atoms with Crippen molar-refractivity contribution in [2.75, 3.05) is 0 Å². The number of aryl methyl sites for hydroxylation is 3. The summed E-state index contributed by atoms with van der Waals surface area (Å²) in [5, 5.41) is 9.55. The first-order valence-corrected chi connectivity index (χ1v) is 12.8. The lowest BCUT2D eigenvalue weighted by Gasteiger charge is -2.26. The molecular weight excluding hydrogens is 424 g/mol. The molecule has 0 saturated carbocycles. The number of para-hydroxylation sites is 1. The van der Waals surface area contributed by atoms with E-state index in [1.807, 2.05) is 0 Å². The fourth-order valence-corrected chi connectivity index (χ4v) is 6.60. The molecule has 2 heteroatoms. The summed E-state index contributed by atoms with van der Waals surface area (Å²) in [4.78, 5) is 0. The molecule has 7 aromatic rings. The minimum atomic E-state index is 0.0793. The number of rotatable bonds is 2. The molecule has 7 rings (SSSR count). The molecule has 0 radical (unpaired) electrons. The number of fused-ring (bicyclic) bond motifs is 7. The van der Waals surface area contributed by atoms with Crippen LogP contribution in [0, 0.1) is 13.8 Å². The summed E-state index contributed by atoms with van der Waals surface area (Å²) in [5.41, 5.74) is 9.60. The molecule has 0 atom stereocenters. The van der Waals surface area contributed by atoms with Crippen LogP contribution in [0.15, 0.2) is 66.9 Å². The van der Waals surface area contributed by atoms with Gasteiger partial charge in [0.05, 0.1) is 27.3 Å². The molecule has 0 amide bonds. The van der Waals surface area contributed by atoms with Crippen molar-refractivity contribution in [1.29, 1.82) is 0 Å². The highest BCUT2D eigenvalue weighted by atomic mass is 15.0. The minimum absolute atomic E-state index is 0.0793. The topological polar surface area (TPSA) is 8.29 Å². The van der Waals surface area contributed by atoms with Crippen LogP contribution >= 0.6 is 0 Å². The van der Waals surface area contributed by atoms with E-state index in [-0.39, 0.29) is 5.41 Å². The van der Waals surface area contributed by atoms with Crippen LogP contribution in [0.25, 0.3) is 59.8 Å². The highest BCUT2D eigenvalue weighted by Gasteiger charge is 2.30. The van der Waals surface area contributed by atoms with Crippen molar-refractivity contribution in [3.05, 3.63) is 83.6 Å². The average Bonchev–Trinajstić information content (AvgIpc) is 3.22. The summed E-state index contributed by atoms with van der Waals surface area (Å²) < 4.78 is 4.94. The Morgan fingerprint density at radius 2 is 1.43 bits per heavy atom. The van der Waals surface area contributed by atoms with Crippen LogP contribution < -0.4 is 4.57 Å². The van der Waals surface area contributed by atoms with Gasteiger partial charge in [-0.05, 0) is 70.7 Å². The summed E-state index contributed by atoms with van der Waals surface area (Å²) >= 11 is 0. The largest absolute Gasteiger partial charge is 0.307 e. The van der Waals surface area contributed by atoms with E-state index in [4.69, 9.17) is 0 Å². The molecule has 4 aromatic carbocycles. The molecule has 0 unspecified atom stereocenters. The predicted octanol–water partition coefficient (Wildman–Crippen LogP) is 8.27. The molecule has 3 heterocycles. The molecule has 3 aromatic heterocycles. The normalized spacial score (nSPS) is 13.0. The number of nitrogens with zero attached hydrogens (tertiary/aromatic N) is 2. The molecule has 0 fully saturated rings. The van der Waals surface area contributed by atoms with Crippen LogP contribution in [0.5, 0.6) is 0 Å². The van der Waals surface area contributed by atoms with Gasteiger partial charge in [0.1, 0.15) is 7.05 Å². The van der Waals surface area contributed by atoms with Crippen LogP contribution in [0.1, 0.15) is 43.9 Å². The first-order chi connectivity index (χ1) is 16.8. The number of hydrogen-bond donors (Lipinski definition) is 0. The van der Waals surface area contributed by atoms with Gasteiger partial charge in [0, 0.05) is 16.8 Å². The highest BCUT2D eigenvalue weighted by Crippen LogP contribution is 2.47. The van der Waals surface area contributed by atoms with Crippen molar-refractivity contribution in [1.82, 2.24) is 4.40 Å². The van der Waals surface area contributed by atoms with Crippen LogP contribution in [0.2, 0.25) is 0 Å². The maximum absolute atomic E-state index is 2.60.